The monoisotopic (exact) mass is 247 g/mol. The van der Waals surface area contributed by atoms with Gasteiger partial charge in [0.15, 0.2) is 0 Å². The van der Waals surface area contributed by atoms with Crippen molar-refractivity contribution in [2.24, 2.45) is 0 Å². The van der Waals surface area contributed by atoms with Crippen LogP contribution in [0.5, 0.6) is 0 Å². The fourth-order valence-electron chi connectivity index (χ4n) is 1.05. The van der Waals surface area contributed by atoms with Gasteiger partial charge in [-0.3, -0.25) is 4.79 Å². The topological polar surface area (TPSA) is 38.3 Å². The zero-order valence-corrected chi connectivity index (χ0v) is 9.73. The number of hydrogen-bond acceptors (Lipinski definition) is 2. The Labute approximate surface area is 98.3 Å². The summed E-state index contributed by atoms with van der Waals surface area (Å²) in [6, 6.07) is 4.71. The summed E-state index contributed by atoms with van der Waals surface area (Å²) in [7, 11) is 1.57. The summed E-state index contributed by atoms with van der Waals surface area (Å²) in [5.74, 6) is -0.212. The maximum atomic E-state index is 11.5. The molecule has 0 aliphatic carbocycles. The molecule has 0 heterocycles. The second-order valence-electron chi connectivity index (χ2n) is 2.91. The summed E-state index contributed by atoms with van der Waals surface area (Å²) in [5, 5.41) is 3.56. The molecular weight excluding hydrogens is 237 g/mol. The van der Waals surface area contributed by atoms with Crippen molar-refractivity contribution in [3.8, 4) is 0 Å². The van der Waals surface area contributed by atoms with Gasteiger partial charge < -0.3 is 10.1 Å². The van der Waals surface area contributed by atoms with E-state index in [2.05, 4.69) is 5.32 Å². The average Bonchev–Trinajstić information content (AvgIpc) is 2.16. The molecule has 0 saturated carbocycles. The van der Waals surface area contributed by atoms with Crippen molar-refractivity contribution in [3.05, 3.63) is 33.8 Å². The van der Waals surface area contributed by atoms with Crippen LogP contribution >= 0.6 is 23.2 Å². The highest BCUT2D eigenvalue weighted by molar-refractivity contribution is 6.35. The number of ether oxygens (including phenoxy) is 1. The highest BCUT2D eigenvalue weighted by atomic mass is 35.5. The van der Waals surface area contributed by atoms with Crippen molar-refractivity contribution in [2.75, 3.05) is 20.3 Å². The Bertz CT molecular complexity index is 335. The first-order valence-electron chi connectivity index (χ1n) is 4.36. The molecule has 0 aromatic heterocycles. The number of halogens is 2. The van der Waals surface area contributed by atoms with Crippen molar-refractivity contribution in [1.82, 2.24) is 5.32 Å². The van der Waals surface area contributed by atoms with E-state index in [4.69, 9.17) is 27.9 Å². The molecule has 1 aromatic carbocycles. The summed E-state index contributed by atoms with van der Waals surface area (Å²) in [4.78, 5) is 11.5. The molecular formula is C10H11Cl2NO2. The molecule has 0 aliphatic heterocycles. The van der Waals surface area contributed by atoms with E-state index in [0.29, 0.717) is 28.8 Å². The fourth-order valence-corrected chi connectivity index (χ4v) is 1.58. The molecule has 0 aliphatic rings. The Morgan fingerprint density at radius 2 is 1.93 bits per heavy atom. The van der Waals surface area contributed by atoms with Crippen LogP contribution in [-0.2, 0) is 4.74 Å². The Hall–Kier alpha value is -0.770. The van der Waals surface area contributed by atoms with Crippen LogP contribution in [0.15, 0.2) is 18.2 Å². The summed E-state index contributed by atoms with van der Waals surface area (Å²) in [6.45, 7) is 0.930. The number of rotatable bonds is 4. The number of methoxy groups -OCH3 is 1. The third kappa shape index (κ3) is 4.08. The van der Waals surface area contributed by atoms with Gasteiger partial charge in [-0.2, -0.15) is 0 Å². The van der Waals surface area contributed by atoms with Crippen molar-refractivity contribution in [3.63, 3.8) is 0 Å². The van der Waals surface area contributed by atoms with Crippen LogP contribution in [0.2, 0.25) is 10.0 Å². The molecule has 1 N–H and O–H groups in total. The lowest BCUT2D eigenvalue weighted by Gasteiger charge is -2.05. The van der Waals surface area contributed by atoms with Crippen LogP contribution in [0.4, 0.5) is 0 Å². The van der Waals surface area contributed by atoms with Crippen LogP contribution in [0.3, 0.4) is 0 Å². The molecule has 1 amide bonds. The van der Waals surface area contributed by atoms with Crippen molar-refractivity contribution in [2.45, 2.75) is 0 Å². The lowest BCUT2D eigenvalue weighted by Crippen LogP contribution is -2.26. The smallest absolute Gasteiger partial charge is 0.251 e. The molecule has 0 atom stereocenters. The Kier molecular flexibility index (Phi) is 4.88. The van der Waals surface area contributed by atoms with Crippen molar-refractivity contribution in [1.29, 1.82) is 0 Å². The van der Waals surface area contributed by atoms with Crippen LogP contribution in [0, 0.1) is 0 Å². The van der Waals surface area contributed by atoms with E-state index in [1.165, 1.54) is 0 Å². The Morgan fingerprint density at radius 3 is 2.47 bits per heavy atom. The fraction of sp³-hybridized carbons (Fsp3) is 0.300. The Morgan fingerprint density at radius 1 is 1.33 bits per heavy atom. The summed E-state index contributed by atoms with van der Waals surface area (Å²) in [5.41, 5.74) is 0.448. The molecule has 0 radical (unpaired) electrons. The molecule has 15 heavy (non-hydrogen) atoms. The van der Waals surface area contributed by atoms with Gasteiger partial charge in [0.05, 0.1) is 6.61 Å². The maximum absolute atomic E-state index is 11.5. The van der Waals surface area contributed by atoms with Crippen LogP contribution in [-0.4, -0.2) is 26.2 Å². The lowest BCUT2D eigenvalue weighted by atomic mass is 10.2. The van der Waals surface area contributed by atoms with Crippen LogP contribution in [0.1, 0.15) is 10.4 Å². The maximum Gasteiger partial charge on any atom is 0.251 e. The molecule has 1 aromatic rings. The minimum atomic E-state index is -0.212. The molecule has 3 nitrogen and oxygen atoms in total. The minimum Gasteiger partial charge on any atom is -0.383 e. The van der Waals surface area contributed by atoms with Gasteiger partial charge in [0.2, 0.25) is 0 Å². The predicted molar refractivity (Wildman–Crippen MR) is 60.7 cm³/mol. The first kappa shape index (κ1) is 12.3. The molecule has 0 bridgehead atoms. The van der Waals surface area contributed by atoms with Crippen LogP contribution in [0.25, 0.3) is 0 Å². The zero-order valence-electron chi connectivity index (χ0n) is 8.22. The van der Waals surface area contributed by atoms with E-state index < -0.39 is 0 Å². The number of nitrogens with one attached hydrogen (secondary N) is 1. The van der Waals surface area contributed by atoms with E-state index in [1.807, 2.05) is 0 Å². The quantitative estimate of drug-likeness (QED) is 0.830. The number of carbonyl (C=O) groups is 1. The minimum absolute atomic E-state index is 0.212. The Balaban J connectivity index is 2.65. The molecule has 82 valence electrons. The molecule has 0 unspecified atom stereocenters. The number of amides is 1. The van der Waals surface area contributed by atoms with Gasteiger partial charge in [-0.05, 0) is 18.2 Å². The highest BCUT2D eigenvalue weighted by Crippen LogP contribution is 2.18. The number of hydrogen-bond donors (Lipinski definition) is 1. The largest absolute Gasteiger partial charge is 0.383 e. The van der Waals surface area contributed by atoms with Gasteiger partial charge in [0.1, 0.15) is 0 Å². The predicted octanol–water partition coefficient (Wildman–Crippen LogP) is 2.37. The second kappa shape index (κ2) is 5.95. The molecule has 0 saturated heterocycles. The molecule has 0 fully saturated rings. The number of carbonyl (C=O) groups excluding carboxylic acids is 1. The first-order valence-corrected chi connectivity index (χ1v) is 5.12. The van der Waals surface area contributed by atoms with E-state index in [1.54, 1.807) is 25.3 Å². The van der Waals surface area contributed by atoms with Gasteiger partial charge in [-0.25, -0.2) is 0 Å². The van der Waals surface area contributed by atoms with Gasteiger partial charge in [-0.1, -0.05) is 23.2 Å². The summed E-state index contributed by atoms with van der Waals surface area (Å²) >= 11 is 11.5. The summed E-state index contributed by atoms with van der Waals surface area (Å²) < 4.78 is 4.81. The van der Waals surface area contributed by atoms with E-state index in [-0.39, 0.29) is 5.91 Å². The molecule has 5 heteroatoms. The average molecular weight is 248 g/mol. The molecule has 1 rings (SSSR count). The molecule has 0 spiro atoms. The third-order valence-corrected chi connectivity index (χ3v) is 2.15. The number of benzene rings is 1. The standard InChI is InChI=1S/C10H11Cl2NO2/c1-15-3-2-13-10(14)7-4-8(11)6-9(12)5-7/h4-6H,2-3H2,1H3,(H,13,14). The first-order chi connectivity index (χ1) is 7.13. The van der Waals surface area contributed by atoms with Gasteiger partial charge in [-0.15, -0.1) is 0 Å². The van der Waals surface area contributed by atoms with Gasteiger partial charge in [0.25, 0.3) is 5.91 Å². The van der Waals surface area contributed by atoms with Gasteiger partial charge in [0, 0.05) is 29.3 Å². The van der Waals surface area contributed by atoms with Crippen molar-refractivity contribution < 1.29 is 9.53 Å². The third-order valence-electron chi connectivity index (χ3n) is 1.72. The van der Waals surface area contributed by atoms with E-state index >= 15 is 0 Å². The van der Waals surface area contributed by atoms with Crippen molar-refractivity contribution >= 4 is 29.1 Å². The van der Waals surface area contributed by atoms with Gasteiger partial charge >= 0.3 is 0 Å². The second-order valence-corrected chi connectivity index (χ2v) is 3.78. The SMILES string of the molecule is COCCNC(=O)c1cc(Cl)cc(Cl)c1. The van der Waals surface area contributed by atoms with E-state index in [9.17, 15) is 4.79 Å². The van der Waals surface area contributed by atoms with E-state index in [0.717, 1.165) is 0 Å². The summed E-state index contributed by atoms with van der Waals surface area (Å²) in [6.07, 6.45) is 0. The highest BCUT2D eigenvalue weighted by Gasteiger charge is 2.06. The lowest BCUT2D eigenvalue weighted by molar-refractivity contribution is 0.0937. The zero-order chi connectivity index (χ0) is 11.3. The normalized spacial score (nSPS) is 10.1. The van der Waals surface area contributed by atoms with Crippen LogP contribution < -0.4 is 5.32 Å².